The minimum Gasteiger partial charge on any atom is -0.481 e. The lowest BCUT2D eigenvalue weighted by atomic mass is 9.97. The first-order chi connectivity index (χ1) is 13.1. The largest absolute Gasteiger partial charge is 0.481 e. The van der Waals surface area contributed by atoms with Crippen LogP contribution in [0.15, 0.2) is 12.2 Å². The van der Waals surface area contributed by atoms with Crippen molar-refractivity contribution in [3.63, 3.8) is 0 Å². The Balaban J connectivity index is 3.58. The Morgan fingerprint density at radius 1 is 0.815 bits per heavy atom. The van der Waals surface area contributed by atoms with Gasteiger partial charge in [-0.1, -0.05) is 77.4 Å². The summed E-state index contributed by atoms with van der Waals surface area (Å²) in [6.07, 6.45) is 20.5. The number of esters is 1. The van der Waals surface area contributed by atoms with Crippen molar-refractivity contribution in [2.24, 2.45) is 5.92 Å². The standard InChI is InChI=1S/C23H42O4/c1-3-5-6-7-8-9-10-11-12-13-14-15-16-17-18-21(23(25)26)20-22(24)27-19-4-2/h11-12,21H,3-10,13-20H2,1-2H3,(H,25,26)/b12-11+. The summed E-state index contributed by atoms with van der Waals surface area (Å²) in [5.74, 6) is -1.88. The molecule has 0 bridgehead atoms. The van der Waals surface area contributed by atoms with E-state index in [1.165, 1.54) is 44.9 Å². The lowest BCUT2D eigenvalue weighted by molar-refractivity contribution is -0.151. The highest BCUT2D eigenvalue weighted by Gasteiger charge is 2.21. The van der Waals surface area contributed by atoms with E-state index in [0.717, 1.165) is 38.5 Å². The fraction of sp³-hybridized carbons (Fsp3) is 0.826. The molecule has 0 fully saturated rings. The number of carbonyl (C=O) groups is 2. The molecule has 4 heteroatoms. The van der Waals surface area contributed by atoms with Crippen LogP contribution in [0.3, 0.4) is 0 Å². The van der Waals surface area contributed by atoms with Gasteiger partial charge >= 0.3 is 11.9 Å². The summed E-state index contributed by atoms with van der Waals surface area (Å²) in [6.45, 7) is 4.54. The molecule has 0 saturated carbocycles. The molecular formula is C23H42O4. The average Bonchev–Trinajstić information content (AvgIpc) is 2.65. The highest BCUT2D eigenvalue weighted by molar-refractivity contribution is 5.78. The quantitative estimate of drug-likeness (QED) is 0.154. The van der Waals surface area contributed by atoms with Gasteiger partial charge in [0.2, 0.25) is 0 Å². The zero-order valence-corrected chi connectivity index (χ0v) is 17.7. The van der Waals surface area contributed by atoms with Crippen LogP contribution in [0.1, 0.15) is 110 Å². The molecule has 0 amide bonds. The average molecular weight is 383 g/mol. The molecule has 158 valence electrons. The van der Waals surface area contributed by atoms with Crippen LogP contribution >= 0.6 is 0 Å². The van der Waals surface area contributed by atoms with Crippen molar-refractivity contribution >= 4 is 11.9 Å². The molecule has 0 aromatic carbocycles. The molecule has 0 aliphatic carbocycles. The fourth-order valence-electron chi connectivity index (χ4n) is 3.07. The first kappa shape index (κ1) is 25.7. The zero-order chi connectivity index (χ0) is 20.2. The van der Waals surface area contributed by atoms with Crippen molar-refractivity contribution in [1.82, 2.24) is 0 Å². The molecule has 0 rings (SSSR count). The van der Waals surface area contributed by atoms with Gasteiger partial charge in [0.15, 0.2) is 0 Å². The number of unbranched alkanes of at least 4 members (excludes halogenated alkanes) is 10. The van der Waals surface area contributed by atoms with E-state index in [1.807, 2.05) is 6.92 Å². The highest BCUT2D eigenvalue weighted by Crippen LogP contribution is 2.16. The number of hydrogen-bond donors (Lipinski definition) is 1. The van der Waals surface area contributed by atoms with Crippen molar-refractivity contribution in [2.75, 3.05) is 6.61 Å². The molecule has 4 nitrogen and oxygen atoms in total. The summed E-state index contributed by atoms with van der Waals surface area (Å²) in [6, 6.07) is 0. The molecule has 0 radical (unpaired) electrons. The van der Waals surface area contributed by atoms with Crippen molar-refractivity contribution in [1.29, 1.82) is 0 Å². The topological polar surface area (TPSA) is 63.6 Å². The van der Waals surface area contributed by atoms with E-state index in [2.05, 4.69) is 19.1 Å². The molecule has 1 N–H and O–H groups in total. The molecule has 0 saturated heterocycles. The second-order valence-corrected chi connectivity index (χ2v) is 7.48. The molecule has 0 aliphatic rings. The molecular weight excluding hydrogens is 340 g/mol. The van der Waals surface area contributed by atoms with Gasteiger partial charge in [0.05, 0.1) is 18.9 Å². The van der Waals surface area contributed by atoms with Gasteiger partial charge in [-0.15, -0.1) is 0 Å². The SMILES string of the molecule is CCCCCCCC/C=C/CCCCCCC(CC(=O)OCCC)C(=O)O. The van der Waals surface area contributed by atoms with E-state index in [9.17, 15) is 14.7 Å². The van der Waals surface area contributed by atoms with Gasteiger partial charge in [-0.2, -0.15) is 0 Å². The Kier molecular flexibility index (Phi) is 18.5. The first-order valence-electron chi connectivity index (χ1n) is 11.1. The molecule has 0 spiro atoms. The van der Waals surface area contributed by atoms with E-state index in [0.29, 0.717) is 13.0 Å². The summed E-state index contributed by atoms with van der Waals surface area (Å²) < 4.78 is 4.99. The summed E-state index contributed by atoms with van der Waals surface area (Å²) in [5.41, 5.74) is 0. The van der Waals surface area contributed by atoms with Gasteiger partial charge in [0, 0.05) is 0 Å². The minimum atomic E-state index is -0.888. The predicted molar refractivity (Wildman–Crippen MR) is 112 cm³/mol. The van der Waals surface area contributed by atoms with Crippen LogP contribution in [-0.2, 0) is 14.3 Å². The maximum absolute atomic E-state index is 11.6. The maximum Gasteiger partial charge on any atom is 0.307 e. The van der Waals surface area contributed by atoms with Gasteiger partial charge in [0.25, 0.3) is 0 Å². The molecule has 0 heterocycles. The van der Waals surface area contributed by atoms with Gasteiger partial charge in [-0.3, -0.25) is 9.59 Å². The second kappa shape index (κ2) is 19.4. The fourth-order valence-corrected chi connectivity index (χ4v) is 3.07. The number of carbonyl (C=O) groups excluding carboxylic acids is 1. The molecule has 27 heavy (non-hydrogen) atoms. The van der Waals surface area contributed by atoms with Crippen molar-refractivity contribution in [3.8, 4) is 0 Å². The van der Waals surface area contributed by atoms with Crippen LogP contribution in [0, 0.1) is 5.92 Å². The third-order valence-electron chi connectivity index (χ3n) is 4.79. The third kappa shape index (κ3) is 17.8. The summed E-state index contributed by atoms with van der Waals surface area (Å²) >= 11 is 0. The molecule has 1 unspecified atom stereocenters. The van der Waals surface area contributed by atoms with Crippen molar-refractivity contribution < 1.29 is 19.4 Å². The summed E-state index contributed by atoms with van der Waals surface area (Å²) in [4.78, 5) is 22.8. The Hall–Kier alpha value is -1.32. The van der Waals surface area contributed by atoms with E-state index in [1.54, 1.807) is 0 Å². The lowest BCUT2D eigenvalue weighted by Gasteiger charge is -2.11. The Morgan fingerprint density at radius 2 is 1.37 bits per heavy atom. The number of carboxylic acids is 1. The van der Waals surface area contributed by atoms with Crippen LogP contribution < -0.4 is 0 Å². The minimum absolute atomic E-state index is 0.00346. The van der Waals surface area contributed by atoms with Crippen molar-refractivity contribution in [3.05, 3.63) is 12.2 Å². The van der Waals surface area contributed by atoms with E-state index >= 15 is 0 Å². The van der Waals surface area contributed by atoms with Gasteiger partial charge in [-0.25, -0.2) is 0 Å². The maximum atomic E-state index is 11.6. The molecule has 0 aromatic rings. The molecule has 0 aliphatic heterocycles. The van der Waals surface area contributed by atoms with E-state index in [-0.39, 0.29) is 12.4 Å². The summed E-state index contributed by atoms with van der Waals surface area (Å²) in [7, 11) is 0. The van der Waals surface area contributed by atoms with Gasteiger partial charge in [0.1, 0.15) is 0 Å². The Bertz CT molecular complexity index is 390. The number of ether oxygens (including phenoxy) is 1. The molecule has 0 aromatic heterocycles. The zero-order valence-electron chi connectivity index (χ0n) is 17.7. The predicted octanol–water partition coefficient (Wildman–Crippen LogP) is 6.68. The number of hydrogen-bond acceptors (Lipinski definition) is 3. The summed E-state index contributed by atoms with van der Waals surface area (Å²) in [5, 5.41) is 9.23. The monoisotopic (exact) mass is 382 g/mol. The van der Waals surface area contributed by atoms with Crippen LogP contribution in [0.4, 0.5) is 0 Å². The second-order valence-electron chi connectivity index (χ2n) is 7.48. The Labute approximate surface area is 166 Å². The number of carboxylic acid groups (broad SMARTS) is 1. The van der Waals surface area contributed by atoms with Crippen molar-refractivity contribution in [2.45, 2.75) is 110 Å². The van der Waals surface area contributed by atoms with Crippen LogP contribution in [-0.4, -0.2) is 23.7 Å². The smallest absolute Gasteiger partial charge is 0.307 e. The highest BCUT2D eigenvalue weighted by atomic mass is 16.5. The lowest BCUT2D eigenvalue weighted by Crippen LogP contribution is -2.19. The molecule has 1 atom stereocenters. The number of allylic oxidation sites excluding steroid dienone is 2. The van der Waals surface area contributed by atoms with Crippen LogP contribution in [0.2, 0.25) is 0 Å². The van der Waals surface area contributed by atoms with Crippen LogP contribution in [0.5, 0.6) is 0 Å². The van der Waals surface area contributed by atoms with Gasteiger partial charge in [-0.05, 0) is 38.5 Å². The number of aliphatic carboxylic acids is 1. The normalized spacial score (nSPS) is 12.4. The van der Waals surface area contributed by atoms with Crippen LogP contribution in [0.25, 0.3) is 0 Å². The Morgan fingerprint density at radius 3 is 1.93 bits per heavy atom. The van der Waals surface area contributed by atoms with E-state index in [4.69, 9.17) is 4.74 Å². The van der Waals surface area contributed by atoms with Gasteiger partial charge < -0.3 is 9.84 Å². The number of rotatable bonds is 19. The third-order valence-corrected chi connectivity index (χ3v) is 4.79. The van der Waals surface area contributed by atoms with E-state index < -0.39 is 11.9 Å². The first-order valence-corrected chi connectivity index (χ1v) is 11.1.